The van der Waals surface area contributed by atoms with Crippen molar-refractivity contribution in [3.8, 4) is 22.3 Å². The summed E-state index contributed by atoms with van der Waals surface area (Å²) in [6.07, 6.45) is 0.255. The highest BCUT2D eigenvalue weighted by atomic mass is 16.6. The van der Waals surface area contributed by atoms with E-state index in [1.54, 1.807) is 0 Å². The highest BCUT2D eigenvalue weighted by Gasteiger charge is 2.49. The highest BCUT2D eigenvalue weighted by molar-refractivity contribution is 5.86. The van der Waals surface area contributed by atoms with E-state index in [0.717, 1.165) is 61.2 Å². The molecule has 0 unspecified atom stereocenters. The monoisotopic (exact) mass is 916 g/mol. The van der Waals surface area contributed by atoms with E-state index in [0.29, 0.717) is 6.42 Å². The first-order valence-electron chi connectivity index (χ1n) is 24.4. The van der Waals surface area contributed by atoms with Gasteiger partial charge in [-0.15, -0.1) is 0 Å². The number of fused-ring (bicyclic) bond motifs is 6. The molecule has 3 N–H and O–H groups in total. The van der Waals surface area contributed by atoms with Gasteiger partial charge in [0.1, 0.15) is 23.3 Å². The van der Waals surface area contributed by atoms with Crippen molar-refractivity contribution < 1.29 is 24.2 Å². The molecule has 7 heteroatoms. The van der Waals surface area contributed by atoms with Gasteiger partial charge in [-0.2, -0.15) is 0 Å². The minimum Gasteiger partial charge on any atom is -0.459 e. The van der Waals surface area contributed by atoms with Crippen molar-refractivity contribution in [2.75, 3.05) is 0 Å². The molecule has 0 aromatic heterocycles. The lowest BCUT2D eigenvalue weighted by Gasteiger charge is -2.39. The van der Waals surface area contributed by atoms with Crippen LogP contribution in [0.4, 0.5) is 0 Å². The van der Waals surface area contributed by atoms with Crippen LogP contribution in [0.5, 0.6) is 0 Å². The third kappa shape index (κ3) is 9.56. The molecule has 4 atom stereocenters. The van der Waals surface area contributed by atoms with Gasteiger partial charge in [-0.05, 0) is 134 Å². The van der Waals surface area contributed by atoms with Crippen LogP contribution in [0, 0.1) is 5.92 Å². The third-order valence-electron chi connectivity index (χ3n) is 13.7. The van der Waals surface area contributed by atoms with E-state index in [2.05, 4.69) is 120 Å². The standard InChI is InChI=1S/C62H64N2O5/c1-59(2,3)68-57(66)54(63-61(44-26-12-8-13-27-44)50-34-20-16-30-46(50)47-31-17-21-35-51(47)61)38-39-56(65)43(40-42-24-10-7-11-25-42)41-55(58(67)69-60(4,5)6)64-62(45-28-14-9-15-29-45)52-36-22-18-32-48(52)49-33-19-23-37-53(49)62/h7-37,43,54-56,63-65H,38-41H2,1-6H3/t43-,54+,55+,56-/m1/s1. The average Bonchev–Trinajstić information content (AvgIpc) is 3.80. The molecule has 352 valence electrons. The lowest BCUT2D eigenvalue weighted by atomic mass is 9.78. The Morgan fingerprint density at radius 3 is 1.19 bits per heavy atom. The van der Waals surface area contributed by atoms with Crippen molar-refractivity contribution in [2.24, 2.45) is 5.92 Å². The number of esters is 2. The van der Waals surface area contributed by atoms with Crippen molar-refractivity contribution >= 4 is 11.9 Å². The number of carbonyl (C=O) groups excluding carboxylic acids is 2. The van der Waals surface area contributed by atoms with Crippen LogP contribution in [0.2, 0.25) is 0 Å². The van der Waals surface area contributed by atoms with Crippen LogP contribution >= 0.6 is 0 Å². The molecule has 9 rings (SSSR count). The summed E-state index contributed by atoms with van der Waals surface area (Å²) in [5.74, 6) is -1.25. The molecule has 0 heterocycles. The molecule has 7 aromatic rings. The van der Waals surface area contributed by atoms with Gasteiger partial charge in [-0.3, -0.25) is 20.2 Å². The summed E-state index contributed by atoms with van der Waals surface area (Å²) in [5.41, 5.74) is 8.17. The molecule has 0 amide bonds. The Labute approximate surface area is 408 Å². The number of carbonyl (C=O) groups is 2. The number of aliphatic hydroxyl groups excluding tert-OH is 1. The molecular formula is C62H64N2O5. The molecule has 0 aliphatic heterocycles. The largest absolute Gasteiger partial charge is 0.459 e. The van der Waals surface area contributed by atoms with Gasteiger partial charge in [-0.1, -0.05) is 188 Å². The van der Waals surface area contributed by atoms with Crippen LogP contribution in [-0.4, -0.2) is 46.4 Å². The third-order valence-corrected chi connectivity index (χ3v) is 13.7. The SMILES string of the molecule is CC(C)(C)OC(=O)[C@H](CC[C@@H](O)[C@H](Cc1ccccc1)C[C@H](NC1(c2ccccc2)c2ccccc2-c2ccccc21)C(=O)OC(C)(C)C)NC1(c2ccccc2)c2ccccc2-c2ccccc21. The summed E-state index contributed by atoms with van der Waals surface area (Å²) in [6, 6.07) is 62.5. The van der Waals surface area contributed by atoms with Gasteiger partial charge >= 0.3 is 11.9 Å². The molecule has 7 nitrogen and oxygen atoms in total. The van der Waals surface area contributed by atoms with Crippen LogP contribution in [0.1, 0.15) is 99.7 Å². The van der Waals surface area contributed by atoms with Gasteiger partial charge in [0.05, 0.1) is 17.2 Å². The lowest BCUT2D eigenvalue weighted by molar-refractivity contribution is -0.159. The van der Waals surface area contributed by atoms with E-state index in [4.69, 9.17) is 9.47 Å². The highest BCUT2D eigenvalue weighted by Crippen LogP contribution is 2.53. The Balaban J connectivity index is 1.11. The molecule has 69 heavy (non-hydrogen) atoms. The van der Waals surface area contributed by atoms with Crippen molar-refractivity contribution in [3.05, 3.63) is 227 Å². The Morgan fingerprint density at radius 1 is 0.464 bits per heavy atom. The van der Waals surface area contributed by atoms with Crippen LogP contribution in [0.25, 0.3) is 22.3 Å². The number of hydrogen-bond acceptors (Lipinski definition) is 7. The van der Waals surface area contributed by atoms with Crippen molar-refractivity contribution in [3.63, 3.8) is 0 Å². The molecule has 0 fully saturated rings. The average molecular weight is 917 g/mol. The van der Waals surface area contributed by atoms with E-state index in [9.17, 15) is 14.7 Å². The minimum absolute atomic E-state index is 0.235. The van der Waals surface area contributed by atoms with E-state index < -0.39 is 58.3 Å². The zero-order valence-electron chi connectivity index (χ0n) is 40.6. The van der Waals surface area contributed by atoms with Gasteiger partial charge in [0.2, 0.25) is 0 Å². The number of aliphatic hydroxyl groups is 1. The first-order chi connectivity index (χ1) is 33.2. The first-order valence-corrected chi connectivity index (χ1v) is 24.4. The second-order valence-electron chi connectivity index (χ2n) is 20.7. The molecule has 2 aliphatic rings. The predicted molar refractivity (Wildman–Crippen MR) is 275 cm³/mol. The van der Waals surface area contributed by atoms with Gasteiger partial charge in [0, 0.05) is 0 Å². The van der Waals surface area contributed by atoms with E-state index in [1.807, 2.05) is 120 Å². The maximum Gasteiger partial charge on any atom is 0.323 e. The van der Waals surface area contributed by atoms with Crippen molar-refractivity contribution in [1.29, 1.82) is 0 Å². The molecular weight excluding hydrogens is 853 g/mol. The summed E-state index contributed by atoms with van der Waals surface area (Å²) in [4.78, 5) is 29.7. The molecule has 0 saturated carbocycles. The summed E-state index contributed by atoms with van der Waals surface area (Å²) in [5, 5.41) is 20.8. The lowest BCUT2D eigenvalue weighted by Crippen LogP contribution is -2.54. The molecule has 0 saturated heterocycles. The maximum atomic E-state index is 15.0. The fourth-order valence-electron chi connectivity index (χ4n) is 10.8. The summed E-state index contributed by atoms with van der Waals surface area (Å²) >= 11 is 0. The first kappa shape index (κ1) is 47.4. The van der Waals surface area contributed by atoms with Crippen LogP contribution in [0.15, 0.2) is 188 Å². The zero-order chi connectivity index (χ0) is 48.4. The van der Waals surface area contributed by atoms with Crippen LogP contribution < -0.4 is 10.6 Å². The van der Waals surface area contributed by atoms with E-state index in [-0.39, 0.29) is 19.3 Å². The normalized spacial score (nSPS) is 15.9. The summed E-state index contributed by atoms with van der Waals surface area (Å²) in [6.45, 7) is 11.3. The maximum absolute atomic E-state index is 15.0. The van der Waals surface area contributed by atoms with E-state index in [1.165, 1.54) is 0 Å². The van der Waals surface area contributed by atoms with Crippen molar-refractivity contribution in [2.45, 2.75) is 108 Å². The molecule has 0 spiro atoms. The second-order valence-corrected chi connectivity index (χ2v) is 20.7. The topological polar surface area (TPSA) is 96.9 Å². The second kappa shape index (κ2) is 19.4. The number of nitrogens with one attached hydrogen (secondary N) is 2. The van der Waals surface area contributed by atoms with Gasteiger partial charge < -0.3 is 14.6 Å². The fourth-order valence-corrected chi connectivity index (χ4v) is 10.8. The van der Waals surface area contributed by atoms with Crippen LogP contribution in [-0.2, 0) is 36.6 Å². The Morgan fingerprint density at radius 2 is 0.797 bits per heavy atom. The number of ether oxygens (including phenoxy) is 2. The molecule has 2 aliphatic carbocycles. The summed E-state index contributed by atoms with van der Waals surface area (Å²) < 4.78 is 12.5. The molecule has 7 aromatic carbocycles. The van der Waals surface area contributed by atoms with Crippen molar-refractivity contribution in [1.82, 2.24) is 10.6 Å². The number of hydrogen-bond donors (Lipinski definition) is 3. The Hall–Kier alpha value is -6.64. The predicted octanol–water partition coefficient (Wildman–Crippen LogP) is 11.9. The quantitative estimate of drug-likeness (QED) is 0.0831. The van der Waals surface area contributed by atoms with Crippen LogP contribution in [0.3, 0.4) is 0 Å². The minimum atomic E-state index is -0.949. The Bertz CT molecular complexity index is 2810. The smallest absolute Gasteiger partial charge is 0.323 e. The fraction of sp³-hybridized carbons (Fsp3) is 0.290. The summed E-state index contributed by atoms with van der Waals surface area (Å²) in [7, 11) is 0. The number of benzene rings is 7. The Kier molecular flexibility index (Phi) is 13.3. The molecule has 0 radical (unpaired) electrons. The van der Waals surface area contributed by atoms with Gasteiger partial charge in [-0.25, -0.2) is 0 Å². The molecule has 0 bridgehead atoms. The number of rotatable bonds is 16. The zero-order valence-corrected chi connectivity index (χ0v) is 40.6. The van der Waals surface area contributed by atoms with Gasteiger partial charge in [0.25, 0.3) is 0 Å². The van der Waals surface area contributed by atoms with E-state index >= 15 is 0 Å². The van der Waals surface area contributed by atoms with Gasteiger partial charge in [0.15, 0.2) is 0 Å².